The number of halogens is 4. The summed E-state index contributed by atoms with van der Waals surface area (Å²) in [6.45, 7) is 0. The van der Waals surface area contributed by atoms with Gasteiger partial charge in [-0.25, -0.2) is 4.98 Å². The van der Waals surface area contributed by atoms with Crippen LogP contribution >= 0.6 is 15.9 Å². The number of para-hydroxylation sites is 1. The zero-order chi connectivity index (χ0) is 12.6. The molecule has 3 N–H and O–H groups in total. The number of benzene rings is 1. The number of pyridine rings is 1. The number of fused-ring (bicyclic) bond motifs is 1. The van der Waals surface area contributed by atoms with E-state index >= 15 is 0 Å². The summed E-state index contributed by atoms with van der Waals surface area (Å²) < 4.78 is 38.7. The Hall–Kier alpha value is -1.34. The van der Waals surface area contributed by atoms with Crippen molar-refractivity contribution in [2.75, 3.05) is 5.43 Å². The highest BCUT2D eigenvalue weighted by Gasteiger charge is 2.36. The third kappa shape index (κ3) is 2.20. The van der Waals surface area contributed by atoms with Gasteiger partial charge in [0.05, 0.1) is 11.2 Å². The maximum atomic E-state index is 12.7. The Morgan fingerprint density at radius 1 is 1.29 bits per heavy atom. The first-order valence-corrected chi connectivity index (χ1v) is 5.36. The van der Waals surface area contributed by atoms with Crippen LogP contribution in [0.4, 0.5) is 18.9 Å². The zero-order valence-electron chi connectivity index (χ0n) is 8.35. The summed E-state index contributed by atoms with van der Waals surface area (Å²) in [6, 6.07) is 6.32. The Kier molecular flexibility index (Phi) is 2.96. The van der Waals surface area contributed by atoms with E-state index in [2.05, 4.69) is 20.9 Å². The molecule has 1 aromatic heterocycles. The highest BCUT2D eigenvalue weighted by molar-refractivity contribution is 9.10. The number of alkyl halides is 3. The second-order valence-electron chi connectivity index (χ2n) is 3.34. The Balaban J connectivity index is 2.79. The highest BCUT2D eigenvalue weighted by Crippen LogP contribution is 2.36. The second-order valence-corrected chi connectivity index (χ2v) is 4.19. The first-order valence-electron chi connectivity index (χ1n) is 4.56. The molecule has 0 radical (unpaired) electrons. The van der Waals surface area contributed by atoms with Crippen molar-refractivity contribution in [1.82, 2.24) is 4.98 Å². The number of hydrogen-bond donors (Lipinski definition) is 2. The molecule has 90 valence electrons. The summed E-state index contributed by atoms with van der Waals surface area (Å²) in [5, 5.41) is 0.570. The lowest BCUT2D eigenvalue weighted by Crippen LogP contribution is -2.16. The lowest BCUT2D eigenvalue weighted by molar-refractivity contribution is -0.140. The number of anilines is 1. The predicted octanol–water partition coefficient (Wildman–Crippen LogP) is 3.30. The van der Waals surface area contributed by atoms with Crippen molar-refractivity contribution in [3.05, 3.63) is 34.4 Å². The van der Waals surface area contributed by atoms with Crippen LogP contribution in [0.5, 0.6) is 0 Å². The molecule has 3 nitrogen and oxygen atoms in total. The monoisotopic (exact) mass is 305 g/mol. The van der Waals surface area contributed by atoms with Crippen LogP contribution in [0.3, 0.4) is 0 Å². The van der Waals surface area contributed by atoms with Gasteiger partial charge in [0.2, 0.25) is 0 Å². The third-order valence-corrected chi connectivity index (χ3v) is 2.86. The molecule has 0 amide bonds. The topological polar surface area (TPSA) is 50.9 Å². The smallest absolute Gasteiger partial charge is 0.322 e. The van der Waals surface area contributed by atoms with E-state index in [1.54, 1.807) is 18.2 Å². The minimum atomic E-state index is -4.55. The van der Waals surface area contributed by atoms with Crippen molar-refractivity contribution in [2.24, 2.45) is 5.84 Å². The van der Waals surface area contributed by atoms with E-state index in [0.29, 0.717) is 9.86 Å². The van der Waals surface area contributed by atoms with Gasteiger partial charge in [0.1, 0.15) is 0 Å². The molecule has 0 spiro atoms. The van der Waals surface area contributed by atoms with Crippen molar-refractivity contribution in [2.45, 2.75) is 6.18 Å². The fourth-order valence-corrected chi connectivity index (χ4v) is 1.96. The van der Waals surface area contributed by atoms with E-state index in [-0.39, 0.29) is 11.2 Å². The molecule has 17 heavy (non-hydrogen) atoms. The Morgan fingerprint density at radius 3 is 2.59 bits per heavy atom. The number of hydrazine groups is 1. The summed E-state index contributed by atoms with van der Waals surface area (Å²) in [7, 11) is 0. The van der Waals surface area contributed by atoms with E-state index in [9.17, 15) is 13.2 Å². The summed E-state index contributed by atoms with van der Waals surface area (Å²) in [5.74, 6) is 5.07. The minimum absolute atomic E-state index is 0.247. The van der Waals surface area contributed by atoms with Crippen LogP contribution in [-0.4, -0.2) is 4.98 Å². The van der Waals surface area contributed by atoms with Gasteiger partial charge < -0.3 is 5.43 Å². The number of aromatic nitrogens is 1. The Labute approximate surface area is 103 Å². The van der Waals surface area contributed by atoms with Gasteiger partial charge in [-0.05, 0) is 28.1 Å². The molecule has 1 aromatic carbocycles. The molecule has 0 fully saturated rings. The lowest BCUT2D eigenvalue weighted by Gasteiger charge is -2.12. The van der Waals surface area contributed by atoms with E-state index in [1.807, 2.05) is 5.43 Å². The first kappa shape index (κ1) is 12.1. The maximum Gasteiger partial charge on any atom is 0.435 e. The number of rotatable bonds is 1. The molecule has 0 saturated carbocycles. The van der Waals surface area contributed by atoms with Crippen LogP contribution in [0, 0.1) is 0 Å². The average molecular weight is 306 g/mol. The molecule has 2 aromatic rings. The van der Waals surface area contributed by atoms with Gasteiger partial charge in [-0.1, -0.05) is 12.1 Å². The third-order valence-electron chi connectivity index (χ3n) is 2.22. The number of nitrogens with zero attached hydrogens (tertiary/aromatic N) is 1. The predicted molar refractivity (Wildman–Crippen MR) is 62.3 cm³/mol. The molecule has 0 aliphatic carbocycles. The summed E-state index contributed by atoms with van der Waals surface area (Å²) in [4.78, 5) is 3.60. The fourth-order valence-electron chi connectivity index (χ4n) is 1.49. The number of nitrogen functional groups attached to an aromatic ring is 1. The van der Waals surface area contributed by atoms with E-state index in [0.717, 1.165) is 0 Å². The van der Waals surface area contributed by atoms with Gasteiger partial charge in [0.25, 0.3) is 0 Å². The van der Waals surface area contributed by atoms with Crippen molar-refractivity contribution in [3.8, 4) is 0 Å². The molecule has 1 heterocycles. The summed E-state index contributed by atoms with van der Waals surface area (Å²) in [6.07, 6.45) is -4.55. The van der Waals surface area contributed by atoms with Crippen molar-refractivity contribution in [1.29, 1.82) is 0 Å². The lowest BCUT2D eigenvalue weighted by atomic mass is 10.1. The molecule has 0 bridgehead atoms. The molecule has 0 aliphatic rings. The first-order chi connectivity index (χ1) is 7.93. The van der Waals surface area contributed by atoms with Crippen molar-refractivity contribution < 1.29 is 13.2 Å². The Bertz CT molecular complexity index is 568. The Morgan fingerprint density at radius 2 is 2.00 bits per heavy atom. The second kappa shape index (κ2) is 4.15. The fraction of sp³-hybridized carbons (Fsp3) is 0.100. The number of nitrogens with one attached hydrogen (secondary N) is 1. The van der Waals surface area contributed by atoms with Crippen LogP contribution in [0.25, 0.3) is 10.9 Å². The van der Waals surface area contributed by atoms with E-state index in [4.69, 9.17) is 5.84 Å². The number of hydrogen-bond acceptors (Lipinski definition) is 3. The van der Waals surface area contributed by atoms with Crippen LogP contribution in [0.1, 0.15) is 5.69 Å². The van der Waals surface area contributed by atoms with Gasteiger partial charge in [0, 0.05) is 9.86 Å². The molecule has 0 unspecified atom stereocenters. The standard InChI is InChI=1S/C10H7BrF3N3/c11-6-3-1-2-5-4-7(17-15)9(10(12,13)14)16-8(5)6/h1-4,17H,15H2. The quantitative estimate of drug-likeness (QED) is 0.628. The maximum absolute atomic E-state index is 12.7. The van der Waals surface area contributed by atoms with Crippen LogP contribution in [-0.2, 0) is 6.18 Å². The molecule has 0 aliphatic heterocycles. The molecular formula is C10H7BrF3N3. The van der Waals surface area contributed by atoms with Crippen LogP contribution in [0.2, 0.25) is 0 Å². The minimum Gasteiger partial charge on any atom is -0.322 e. The van der Waals surface area contributed by atoms with E-state index in [1.165, 1.54) is 6.07 Å². The van der Waals surface area contributed by atoms with Gasteiger partial charge in [0.15, 0.2) is 5.69 Å². The number of nitrogens with two attached hydrogens (primary N) is 1. The van der Waals surface area contributed by atoms with Crippen molar-refractivity contribution >= 4 is 32.5 Å². The molecule has 7 heteroatoms. The molecule has 0 atom stereocenters. The summed E-state index contributed by atoms with van der Waals surface area (Å²) in [5.41, 5.74) is 0.989. The zero-order valence-corrected chi connectivity index (χ0v) is 9.93. The average Bonchev–Trinajstić information content (AvgIpc) is 2.26. The van der Waals surface area contributed by atoms with Gasteiger partial charge >= 0.3 is 6.18 Å². The van der Waals surface area contributed by atoms with E-state index < -0.39 is 11.9 Å². The normalized spacial score (nSPS) is 11.8. The molecular weight excluding hydrogens is 299 g/mol. The van der Waals surface area contributed by atoms with Gasteiger partial charge in [-0.15, -0.1) is 0 Å². The van der Waals surface area contributed by atoms with Crippen LogP contribution < -0.4 is 11.3 Å². The van der Waals surface area contributed by atoms with Crippen molar-refractivity contribution in [3.63, 3.8) is 0 Å². The van der Waals surface area contributed by atoms with Crippen LogP contribution in [0.15, 0.2) is 28.7 Å². The SMILES string of the molecule is NNc1cc2cccc(Br)c2nc1C(F)(F)F. The highest BCUT2D eigenvalue weighted by atomic mass is 79.9. The largest absolute Gasteiger partial charge is 0.435 e. The molecule has 0 saturated heterocycles. The molecule has 2 rings (SSSR count). The summed E-state index contributed by atoms with van der Waals surface area (Å²) >= 11 is 3.16. The van der Waals surface area contributed by atoms with Gasteiger partial charge in [-0.2, -0.15) is 13.2 Å². The van der Waals surface area contributed by atoms with Gasteiger partial charge in [-0.3, -0.25) is 5.84 Å².